The summed E-state index contributed by atoms with van der Waals surface area (Å²) < 4.78 is 7.24. The lowest BCUT2D eigenvalue weighted by Crippen LogP contribution is -2.59. The third-order valence-electron chi connectivity index (χ3n) is 6.60. The number of aromatic nitrogens is 4. The van der Waals surface area contributed by atoms with Gasteiger partial charge in [-0.2, -0.15) is 4.68 Å². The maximum atomic E-state index is 10.4. The highest BCUT2D eigenvalue weighted by Crippen LogP contribution is 2.55. The van der Waals surface area contributed by atoms with E-state index >= 15 is 0 Å². The molecule has 0 saturated heterocycles. The number of ether oxygens (including phenoxy) is 1. The Hall–Kier alpha value is -1.99. The van der Waals surface area contributed by atoms with Gasteiger partial charge in [0.05, 0.1) is 5.69 Å². The Kier molecular flexibility index (Phi) is 4.36. The van der Waals surface area contributed by atoms with Crippen molar-refractivity contribution in [2.45, 2.75) is 50.2 Å². The molecular formula is C20H27N5O2. The molecule has 4 aliphatic carbocycles. The highest BCUT2D eigenvalue weighted by Gasteiger charge is 2.50. The first-order chi connectivity index (χ1) is 13.2. The van der Waals surface area contributed by atoms with E-state index in [9.17, 15) is 5.11 Å². The van der Waals surface area contributed by atoms with Gasteiger partial charge in [0.2, 0.25) is 0 Å². The van der Waals surface area contributed by atoms with Crippen LogP contribution in [0, 0.1) is 17.8 Å². The molecule has 6 rings (SSSR count). The molecule has 1 unspecified atom stereocenters. The molecule has 0 aliphatic heterocycles. The molecule has 1 atom stereocenters. The summed E-state index contributed by atoms with van der Waals surface area (Å²) in [6.07, 6.45) is 7.52. The topological polar surface area (TPSA) is 85.1 Å². The molecule has 4 aliphatic rings. The van der Waals surface area contributed by atoms with E-state index in [0.717, 1.165) is 23.4 Å². The van der Waals surface area contributed by atoms with Crippen LogP contribution in [0.4, 0.5) is 0 Å². The molecule has 4 saturated carbocycles. The van der Waals surface area contributed by atoms with Crippen LogP contribution in [-0.4, -0.2) is 50.1 Å². The number of nitrogens with zero attached hydrogens (tertiary/aromatic N) is 4. The molecule has 4 bridgehead atoms. The van der Waals surface area contributed by atoms with Gasteiger partial charge in [-0.3, -0.25) is 0 Å². The summed E-state index contributed by atoms with van der Waals surface area (Å²) in [4.78, 5) is 0. The van der Waals surface area contributed by atoms with Crippen molar-refractivity contribution >= 4 is 0 Å². The van der Waals surface area contributed by atoms with Crippen LogP contribution in [0.15, 0.2) is 30.3 Å². The van der Waals surface area contributed by atoms with Gasteiger partial charge in [0.15, 0.2) is 0 Å². The Balaban J connectivity index is 1.16. The van der Waals surface area contributed by atoms with Gasteiger partial charge in [0.1, 0.15) is 12.7 Å². The number of rotatable bonds is 7. The molecule has 1 heterocycles. The first-order valence-electron chi connectivity index (χ1n) is 10.1. The molecule has 4 fully saturated rings. The number of benzene rings is 1. The van der Waals surface area contributed by atoms with Crippen molar-refractivity contribution in [2.24, 2.45) is 17.8 Å². The number of nitrogens with one attached hydrogen (secondary N) is 1. The maximum Gasteiger partial charge on any atom is 0.340 e. The van der Waals surface area contributed by atoms with E-state index in [1.54, 1.807) is 4.68 Å². The van der Waals surface area contributed by atoms with Gasteiger partial charge in [-0.15, -0.1) is 0 Å². The number of aliphatic hydroxyl groups excluding tert-OH is 1. The van der Waals surface area contributed by atoms with Crippen LogP contribution in [0.3, 0.4) is 0 Å². The number of tetrazole rings is 1. The summed E-state index contributed by atoms with van der Waals surface area (Å²) in [6, 6.07) is 9.90. The van der Waals surface area contributed by atoms with E-state index in [0.29, 0.717) is 12.6 Å². The van der Waals surface area contributed by atoms with Crippen LogP contribution in [0.1, 0.15) is 38.5 Å². The van der Waals surface area contributed by atoms with E-state index in [1.807, 2.05) is 30.3 Å². The minimum atomic E-state index is -0.584. The van der Waals surface area contributed by atoms with Gasteiger partial charge < -0.3 is 15.2 Å². The minimum Gasteiger partial charge on any atom is -0.459 e. The van der Waals surface area contributed by atoms with Crippen molar-refractivity contribution in [1.29, 1.82) is 0 Å². The quantitative estimate of drug-likeness (QED) is 0.776. The summed E-state index contributed by atoms with van der Waals surface area (Å²) >= 11 is 0. The molecule has 2 N–H and O–H groups in total. The smallest absolute Gasteiger partial charge is 0.340 e. The molecule has 0 amide bonds. The normalized spacial score (nSPS) is 32.6. The van der Waals surface area contributed by atoms with Crippen LogP contribution in [-0.2, 0) is 0 Å². The van der Waals surface area contributed by atoms with Gasteiger partial charge in [-0.1, -0.05) is 23.3 Å². The Bertz CT molecular complexity index is 742. The van der Waals surface area contributed by atoms with Gasteiger partial charge in [-0.05, 0) is 78.8 Å². The van der Waals surface area contributed by atoms with Crippen molar-refractivity contribution in [3.8, 4) is 11.7 Å². The number of aliphatic hydroxyl groups is 1. The molecule has 1 aromatic carbocycles. The fourth-order valence-corrected chi connectivity index (χ4v) is 5.89. The maximum absolute atomic E-state index is 10.4. The van der Waals surface area contributed by atoms with Crippen molar-refractivity contribution in [3.63, 3.8) is 0 Å². The molecule has 0 spiro atoms. The average Bonchev–Trinajstić information content (AvgIpc) is 3.13. The third kappa shape index (κ3) is 3.46. The Labute approximate surface area is 159 Å². The van der Waals surface area contributed by atoms with Gasteiger partial charge in [-0.25, -0.2) is 0 Å². The van der Waals surface area contributed by atoms with Gasteiger partial charge in [0.25, 0.3) is 0 Å². The summed E-state index contributed by atoms with van der Waals surface area (Å²) in [5.41, 5.74) is 1.08. The van der Waals surface area contributed by atoms with Crippen molar-refractivity contribution in [2.75, 3.05) is 13.2 Å². The first-order valence-corrected chi connectivity index (χ1v) is 10.1. The van der Waals surface area contributed by atoms with E-state index < -0.39 is 6.10 Å². The molecule has 2 aromatic rings. The van der Waals surface area contributed by atoms with Crippen LogP contribution in [0.2, 0.25) is 0 Å². The lowest BCUT2D eigenvalue weighted by atomic mass is 9.53. The van der Waals surface area contributed by atoms with Gasteiger partial charge in [0, 0.05) is 12.1 Å². The molecule has 0 radical (unpaired) electrons. The zero-order chi connectivity index (χ0) is 18.3. The number of hydrogen-bond donors (Lipinski definition) is 2. The lowest BCUT2D eigenvalue weighted by molar-refractivity contribution is -0.0268. The van der Waals surface area contributed by atoms with Crippen molar-refractivity contribution < 1.29 is 9.84 Å². The van der Waals surface area contributed by atoms with Crippen molar-refractivity contribution in [3.05, 3.63) is 30.3 Å². The Morgan fingerprint density at radius 3 is 2.44 bits per heavy atom. The van der Waals surface area contributed by atoms with Crippen LogP contribution in [0.5, 0.6) is 6.01 Å². The van der Waals surface area contributed by atoms with E-state index in [2.05, 4.69) is 20.8 Å². The number of para-hydroxylation sites is 1. The highest BCUT2D eigenvalue weighted by molar-refractivity contribution is 5.31. The SMILES string of the molecule is OC(CNC12CC3CC(CC(C3)C1)C2)COc1nnnn1-c1ccccc1. The van der Waals surface area contributed by atoms with Crippen LogP contribution >= 0.6 is 0 Å². The molecule has 7 heteroatoms. The predicted molar refractivity (Wildman–Crippen MR) is 99.6 cm³/mol. The molecular weight excluding hydrogens is 342 g/mol. The zero-order valence-electron chi connectivity index (χ0n) is 15.5. The Morgan fingerprint density at radius 1 is 1.11 bits per heavy atom. The standard InChI is InChI=1S/C20H27N5O2/c26-18(12-21-20-9-14-6-15(10-20)8-16(7-14)11-20)13-27-19-22-23-24-25(19)17-4-2-1-3-5-17/h1-5,14-16,18,21,26H,6-13H2. The monoisotopic (exact) mass is 369 g/mol. The molecule has 1 aromatic heterocycles. The van der Waals surface area contributed by atoms with E-state index in [1.165, 1.54) is 38.5 Å². The second-order valence-corrected chi connectivity index (χ2v) is 8.75. The predicted octanol–water partition coefficient (Wildman–Crippen LogP) is 1.96. The Morgan fingerprint density at radius 2 is 1.78 bits per heavy atom. The van der Waals surface area contributed by atoms with E-state index in [4.69, 9.17) is 4.74 Å². The molecule has 144 valence electrons. The third-order valence-corrected chi connectivity index (χ3v) is 6.60. The summed E-state index contributed by atoms with van der Waals surface area (Å²) in [5, 5.41) is 25.7. The second kappa shape index (κ2) is 6.87. The van der Waals surface area contributed by atoms with E-state index in [-0.39, 0.29) is 12.1 Å². The van der Waals surface area contributed by atoms with Gasteiger partial charge >= 0.3 is 6.01 Å². The fraction of sp³-hybridized carbons (Fsp3) is 0.650. The van der Waals surface area contributed by atoms with Crippen molar-refractivity contribution in [1.82, 2.24) is 25.5 Å². The average molecular weight is 369 g/mol. The molecule has 27 heavy (non-hydrogen) atoms. The lowest BCUT2D eigenvalue weighted by Gasteiger charge is -2.57. The number of hydrogen-bond acceptors (Lipinski definition) is 6. The summed E-state index contributed by atoms with van der Waals surface area (Å²) in [7, 11) is 0. The second-order valence-electron chi connectivity index (χ2n) is 8.75. The highest BCUT2D eigenvalue weighted by atomic mass is 16.5. The summed E-state index contributed by atoms with van der Waals surface area (Å²) in [6.45, 7) is 0.728. The van der Waals surface area contributed by atoms with Crippen LogP contribution in [0.25, 0.3) is 5.69 Å². The fourth-order valence-electron chi connectivity index (χ4n) is 5.89. The summed E-state index contributed by atoms with van der Waals surface area (Å²) in [5.74, 6) is 2.69. The van der Waals surface area contributed by atoms with Crippen LogP contribution < -0.4 is 10.1 Å². The number of β-amino-alcohol motifs (C(OH)–C–C–N with tert-alkyl or cyclic N) is 1. The zero-order valence-corrected chi connectivity index (χ0v) is 15.5. The molecule has 7 nitrogen and oxygen atoms in total. The largest absolute Gasteiger partial charge is 0.459 e. The minimum absolute atomic E-state index is 0.173. The first kappa shape index (κ1) is 17.1.